The van der Waals surface area contributed by atoms with Crippen LogP contribution in [0.5, 0.6) is 0 Å². The van der Waals surface area contributed by atoms with Crippen LogP contribution in [0.2, 0.25) is 0 Å². The van der Waals surface area contributed by atoms with Gasteiger partial charge in [-0.1, -0.05) is 31.0 Å². The van der Waals surface area contributed by atoms with Crippen LogP contribution in [-0.4, -0.2) is 25.4 Å². The molecule has 1 fully saturated rings. The van der Waals surface area contributed by atoms with Crippen LogP contribution in [0, 0.1) is 18.8 Å². The van der Waals surface area contributed by atoms with Crippen LogP contribution in [-0.2, 0) is 19.6 Å². The number of carboxylic acids is 1. The first-order valence-corrected chi connectivity index (χ1v) is 11.0. The van der Waals surface area contributed by atoms with Gasteiger partial charge in [-0.25, -0.2) is 8.42 Å². The molecule has 7 nitrogen and oxygen atoms in total. The summed E-state index contributed by atoms with van der Waals surface area (Å²) in [6.45, 7) is 1.81. The average molecular weight is 416 g/mol. The van der Waals surface area contributed by atoms with Gasteiger partial charge >= 0.3 is 5.97 Å². The molecule has 2 aromatic carbocycles. The Bertz CT molecular complexity index is 1000. The van der Waals surface area contributed by atoms with Crippen molar-refractivity contribution in [1.29, 1.82) is 0 Å². The summed E-state index contributed by atoms with van der Waals surface area (Å²) in [5.41, 5.74) is 1.74. The van der Waals surface area contributed by atoms with Crippen LogP contribution in [0.3, 0.4) is 0 Å². The Morgan fingerprint density at radius 3 is 2.21 bits per heavy atom. The second-order valence-corrected chi connectivity index (χ2v) is 8.95. The third-order valence-electron chi connectivity index (χ3n) is 5.24. The van der Waals surface area contributed by atoms with Crippen molar-refractivity contribution < 1.29 is 23.1 Å². The van der Waals surface area contributed by atoms with Gasteiger partial charge in [0.1, 0.15) is 0 Å². The molecule has 0 aromatic heterocycles. The van der Waals surface area contributed by atoms with Crippen molar-refractivity contribution in [2.75, 3.05) is 10.0 Å². The number of carbonyl (C=O) groups excluding carboxylic acids is 1. The highest BCUT2D eigenvalue weighted by Gasteiger charge is 2.35. The molecule has 2 unspecified atom stereocenters. The van der Waals surface area contributed by atoms with E-state index in [-0.39, 0.29) is 10.8 Å². The smallest absolute Gasteiger partial charge is 0.307 e. The van der Waals surface area contributed by atoms with E-state index in [0.29, 0.717) is 24.2 Å². The summed E-state index contributed by atoms with van der Waals surface area (Å²) in [4.78, 5) is 24.0. The zero-order valence-electron chi connectivity index (χ0n) is 16.1. The number of carbonyl (C=O) groups is 2. The van der Waals surface area contributed by atoms with E-state index >= 15 is 0 Å². The van der Waals surface area contributed by atoms with E-state index in [0.717, 1.165) is 18.4 Å². The molecular weight excluding hydrogens is 392 g/mol. The fraction of sp³-hybridized carbons (Fsp3) is 0.333. The quantitative estimate of drug-likeness (QED) is 0.666. The molecule has 0 aliphatic heterocycles. The van der Waals surface area contributed by atoms with Gasteiger partial charge in [0, 0.05) is 5.69 Å². The fourth-order valence-electron chi connectivity index (χ4n) is 3.58. The number of rotatable bonds is 6. The van der Waals surface area contributed by atoms with E-state index in [1.165, 1.54) is 24.3 Å². The molecule has 3 rings (SSSR count). The van der Waals surface area contributed by atoms with Crippen LogP contribution >= 0.6 is 0 Å². The van der Waals surface area contributed by atoms with Gasteiger partial charge in [-0.2, -0.15) is 0 Å². The Balaban J connectivity index is 1.70. The number of benzene rings is 2. The fourth-order valence-corrected chi connectivity index (χ4v) is 4.71. The SMILES string of the molecule is Cc1ccccc1NS(=O)(=O)c1ccc(NC(=O)C2CCCCC2C(=O)O)cc1. The molecule has 0 saturated heterocycles. The third kappa shape index (κ3) is 4.95. The van der Waals surface area contributed by atoms with E-state index in [4.69, 9.17) is 0 Å². The van der Waals surface area contributed by atoms with Crippen LogP contribution < -0.4 is 10.0 Å². The number of aliphatic carboxylic acids is 1. The lowest BCUT2D eigenvalue weighted by Crippen LogP contribution is -2.36. The van der Waals surface area contributed by atoms with Gasteiger partial charge in [-0.15, -0.1) is 0 Å². The molecule has 2 atom stereocenters. The van der Waals surface area contributed by atoms with Gasteiger partial charge in [0.2, 0.25) is 5.91 Å². The first-order valence-electron chi connectivity index (χ1n) is 9.50. The predicted octanol–water partition coefficient (Wildman–Crippen LogP) is 3.63. The maximum absolute atomic E-state index is 12.6. The number of hydrogen-bond donors (Lipinski definition) is 3. The largest absolute Gasteiger partial charge is 0.481 e. The van der Waals surface area contributed by atoms with E-state index in [2.05, 4.69) is 10.0 Å². The monoisotopic (exact) mass is 416 g/mol. The molecular formula is C21H24N2O5S. The molecule has 1 amide bonds. The summed E-state index contributed by atoms with van der Waals surface area (Å²) in [6.07, 6.45) is 2.66. The lowest BCUT2D eigenvalue weighted by Gasteiger charge is -2.27. The number of anilines is 2. The lowest BCUT2D eigenvalue weighted by atomic mass is 9.78. The Labute approximate surface area is 170 Å². The maximum atomic E-state index is 12.6. The second-order valence-electron chi connectivity index (χ2n) is 7.27. The molecule has 3 N–H and O–H groups in total. The zero-order valence-corrected chi connectivity index (χ0v) is 16.9. The molecule has 1 aliphatic rings. The molecule has 29 heavy (non-hydrogen) atoms. The van der Waals surface area contributed by atoms with Gasteiger partial charge < -0.3 is 10.4 Å². The summed E-state index contributed by atoms with van der Waals surface area (Å²) in [5, 5.41) is 12.1. The third-order valence-corrected chi connectivity index (χ3v) is 6.62. The van der Waals surface area contributed by atoms with Crippen molar-refractivity contribution in [3.8, 4) is 0 Å². The number of sulfonamides is 1. The molecule has 2 aromatic rings. The minimum absolute atomic E-state index is 0.0693. The Hall–Kier alpha value is -2.87. The van der Waals surface area contributed by atoms with Gasteiger partial charge in [-0.05, 0) is 55.7 Å². The summed E-state index contributed by atoms with van der Waals surface area (Å²) < 4.78 is 27.7. The van der Waals surface area contributed by atoms with E-state index < -0.39 is 27.8 Å². The summed E-state index contributed by atoms with van der Waals surface area (Å²) >= 11 is 0. The summed E-state index contributed by atoms with van der Waals surface area (Å²) in [6, 6.07) is 12.9. The van der Waals surface area contributed by atoms with Crippen LogP contribution in [0.15, 0.2) is 53.4 Å². The molecule has 1 aliphatic carbocycles. The van der Waals surface area contributed by atoms with Gasteiger partial charge in [0.15, 0.2) is 0 Å². The van der Waals surface area contributed by atoms with Crippen LogP contribution in [0.25, 0.3) is 0 Å². The minimum atomic E-state index is -3.76. The Morgan fingerprint density at radius 2 is 1.59 bits per heavy atom. The molecule has 8 heteroatoms. The highest BCUT2D eigenvalue weighted by molar-refractivity contribution is 7.92. The normalized spacial score (nSPS) is 19.3. The highest BCUT2D eigenvalue weighted by Crippen LogP contribution is 2.31. The zero-order chi connectivity index (χ0) is 21.0. The standard InChI is InChI=1S/C21H24N2O5S/c1-14-6-2-5-9-19(14)23-29(27,28)16-12-10-15(11-13-16)22-20(24)17-7-3-4-8-18(17)21(25)26/h2,5-6,9-13,17-18,23H,3-4,7-8H2,1H3,(H,22,24)(H,25,26). The summed E-state index contributed by atoms with van der Waals surface area (Å²) in [5.74, 6) is -2.55. The first-order chi connectivity index (χ1) is 13.8. The molecule has 1 saturated carbocycles. The number of aryl methyl sites for hydroxylation is 1. The van der Waals surface area contributed by atoms with Gasteiger partial charge in [-0.3, -0.25) is 14.3 Å². The lowest BCUT2D eigenvalue weighted by molar-refractivity contribution is -0.147. The second kappa shape index (κ2) is 8.65. The van der Waals surface area contributed by atoms with Crippen molar-refractivity contribution in [2.45, 2.75) is 37.5 Å². The first kappa shape index (κ1) is 20.9. The Kier molecular flexibility index (Phi) is 6.22. The van der Waals surface area contributed by atoms with E-state index in [1.54, 1.807) is 12.1 Å². The van der Waals surface area contributed by atoms with E-state index in [1.807, 2.05) is 19.1 Å². The van der Waals surface area contributed by atoms with Crippen LogP contribution in [0.1, 0.15) is 31.2 Å². The number of nitrogens with one attached hydrogen (secondary N) is 2. The van der Waals surface area contributed by atoms with Gasteiger partial charge in [0.05, 0.1) is 22.4 Å². The predicted molar refractivity (Wildman–Crippen MR) is 110 cm³/mol. The van der Waals surface area contributed by atoms with Crippen molar-refractivity contribution in [3.05, 3.63) is 54.1 Å². The maximum Gasteiger partial charge on any atom is 0.307 e. The molecule has 154 valence electrons. The minimum Gasteiger partial charge on any atom is -0.481 e. The Morgan fingerprint density at radius 1 is 0.966 bits per heavy atom. The summed E-state index contributed by atoms with van der Waals surface area (Å²) in [7, 11) is -3.76. The van der Waals surface area contributed by atoms with Crippen LogP contribution in [0.4, 0.5) is 11.4 Å². The topological polar surface area (TPSA) is 113 Å². The number of hydrogen-bond acceptors (Lipinski definition) is 4. The van der Waals surface area contributed by atoms with Crippen molar-refractivity contribution >= 4 is 33.3 Å². The molecule has 0 spiro atoms. The van der Waals surface area contributed by atoms with Crippen molar-refractivity contribution in [2.24, 2.45) is 11.8 Å². The molecule has 0 radical (unpaired) electrons. The van der Waals surface area contributed by atoms with Gasteiger partial charge in [0.25, 0.3) is 10.0 Å². The van der Waals surface area contributed by atoms with Crippen molar-refractivity contribution in [3.63, 3.8) is 0 Å². The molecule has 0 bridgehead atoms. The average Bonchev–Trinajstić information content (AvgIpc) is 2.70. The number of carboxylic acid groups (broad SMARTS) is 1. The number of amides is 1. The molecule has 0 heterocycles. The highest BCUT2D eigenvalue weighted by atomic mass is 32.2. The van der Waals surface area contributed by atoms with E-state index in [9.17, 15) is 23.1 Å². The van der Waals surface area contributed by atoms with Crippen molar-refractivity contribution in [1.82, 2.24) is 0 Å². The number of para-hydroxylation sites is 1.